The molecule has 0 amide bonds. The van der Waals surface area contributed by atoms with Crippen LogP contribution in [0.25, 0.3) is 0 Å². The maximum absolute atomic E-state index is 10.1. The zero-order valence-corrected chi connectivity index (χ0v) is 42.4. The number of carboxylic acids is 1. The van der Waals surface area contributed by atoms with Crippen molar-refractivity contribution in [2.24, 2.45) is 0 Å². The summed E-state index contributed by atoms with van der Waals surface area (Å²) in [7, 11) is 5.64. The fourth-order valence-corrected chi connectivity index (χ4v) is 7.63. The van der Waals surface area contributed by atoms with Crippen molar-refractivity contribution in [1.82, 2.24) is 5.32 Å². The number of hydrogen-bond acceptors (Lipinski definition) is 3. The van der Waals surface area contributed by atoms with E-state index in [0.717, 1.165) is 0 Å². The lowest BCUT2D eigenvalue weighted by atomic mass is 10.1. The summed E-state index contributed by atoms with van der Waals surface area (Å²) >= 11 is 0. The van der Waals surface area contributed by atoms with Gasteiger partial charge in [-0.1, -0.05) is 182 Å². The van der Waals surface area contributed by atoms with Gasteiger partial charge >= 0.3 is 13.6 Å². The number of carboxylic acid groups (broad SMARTS) is 1. The number of rotatable bonds is 40. The standard InChI is InChI=1S/2C22H48N.C3H8NO5P.BrH/c2*1-5-7-9-11-13-15-17-19-21-23(3,4)22-20-18-16-14-12-10-8-6-2;5-3(6)1-4-2-10(7,8)9;/h2*5-22H2,1-4H3;4H,1-2H2,(H,5,6)(H2,7,8,9);1H/q2*+1;;. The molecule has 0 radical (unpaired) electrons. The topological polar surface area (TPSA) is 107 Å². The fraction of sp³-hybridized carbons (Fsp3) is 0.979. The number of quaternary nitrogens is 2. The molecule has 0 aromatic rings. The summed E-state index contributed by atoms with van der Waals surface area (Å²) in [6.45, 7) is 14.3. The largest absolute Gasteiger partial charge is 0.480 e. The van der Waals surface area contributed by atoms with E-state index in [0.29, 0.717) is 0 Å². The van der Waals surface area contributed by atoms with Gasteiger partial charge in [0.25, 0.3) is 0 Å². The molecule has 57 heavy (non-hydrogen) atoms. The van der Waals surface area contributed by atoms with Crippen molar-refractivity contribution in [3.8, 4) is 0 Å². The van der Waals surface area contributed by atoms with Crippen molar-refractivity contribution in [2.45, 2.75) is 233 Å². The average molecular weight is 903 g/mol. The van der Waals surface area contributed by atoms with Crippen molar-refractivity contribution in [3.63, 3.8) is 0 Å². The molecule has 10 heteroatoms. The minimum atomic E-state index is -4.10. The Hall–Kier alpha value is -0.0200. The maximum atomic E-state index is 10.1. The van der Waals surface area contributed by atoms with Crippen LogP contribution in [0.5, 0.6) is 0 Å². The summed E-state index contributed by atoms with van der Waals surface area (Å²) in [4.78, 5) is 26.1. The number of hydrogen-bond donors (Lipinski definition) is 4. The number of nitrogens with zero attached hydrogens (tertiary/aromatic N) is 2. The number of aliphatic carboxylic acids is 1. The summed E-state index contributed by atoms with van der Waals surface area (Å²) in [6, 6.07) is 0. The molecule has 0 aromatic carbocycles. The Morgan fingerprint density at radius 1 is 0.421 bits per heavy atom. The van der Waals surface area contributed by atoms with Crippen molar-refractivity contribution < 1.29 is 33.2 Å². The van der Waals surface area contributed by atoms with E-state index in [1.807, 2.05) is 0 Å². The summed E-state index contributed by atoms with van der Waals surface area (Å²) in [5.41, 5.74) is 0. The molecule has 0 atom stereocenters. The number of halogens is 1. The van der Waals surface area contributed by atoms with E-state index in [2.05, 4.69) is 61.2 Å². The molecule has 0 heterocycles. The summed E-state index contributed by atoms with van der Waals surface area (Å²) in [6.07, 6.45) is 45.5. The Balaban J connectivity index is -0.000000394. The van der Waals surface area contributed by atoms with Crippen LogP contribution in [0.3, 0.4) is 0 Å². The van der Waals surface area contributed by atoms with E-state index < -0.39 is 26.4 Å². The Bertz CT molecular complexity index is 752. The van der Waals surface area contributed by atoms with Gasteiger partial charge in [-0.05, 0) is 51.4 Å². The molecule has 0 fully saturated rings. The van der Waals surface area contributed by atoms with Crippen LogP contribution >= 0.6 is 24.6 Å². The van der Waals surface area contributed by atoms with Gasteiger partial charge in [0.1, 0.15) is 0 Å². The second-order valence-electron chi connectivity index (χ2n) is 18.3. The highest BCUT2D eigenvalue weighted by Crippen LogP contribution is 2.31. The quantitative estimate of drug-likeness (QED) is 0.0277. The van der Waals surface area contributed by atoms with Crippen LogP contribution in [0.1, 0.15) is 233 Å². The molecule has 0 saturated carbocycles. The second kappa shape index (κ2) is 47.0. The fourth-order valence-electron chi connectivity index (χ4n) is 7.23. The van der Waals surface area contributed by atoms with Crippen molar-refractivity contribution in [1.29, 1.82) is 0 Å². The van der Waals surface area contributed by atoms with Crippen molar-refractivity contribution >= 4 is 30.5 Å². The van der Waals surface area contributed by atoms with E-state index in [1.165, 1.54) is 241 Å². The molecule has 0 aliphatic carbocycles. The second-order valence-corrected chi connectivity index (χ2v) is 20.0. The predicted molar refractivity (Wildman–Crippen MR) is 257 cm³/mol. The van der Waals surface area contributed by atoms with Crippen LogP contribution in [0.4, 0.5) is 0 Å². The predicted octanol–water partition coefficient (Wildman–Crippen LogP) is 14.1. The molecule has 8 nitrogen and oxygen atoms in total. The first kappa shape index (κ1) is 63.6. The smallest absolute Gasteiger partial charge is 0.339 e. The Kier molecular flexibility index (Phi) is 52.5. The lowest BCUT2D eigenvalue weighted by Crippen LogP contribution is -2.41. The van der Waals surface area contributed by atoms with Crippen LogP contribution in [-0.2, 0) is 9.36 Å². The Labute approximate surface area is 368 Å². The molecule has 0 saturated heterocycles. The number of carbonyl (C=O) groups is 1. The molecule has 0 unspecified atom stereocenters. The van der Waals surface area contributed by atoms with Gasteiger partial charge in [0.15, 0.2) is 0 Å². The van der Waals surface area contributed by atoms with Gasteiger partial charge in [0.2, 0.25) is 0 Å². The van der Waals surface area contributed by atoms with E-state index in [4.69, 9.17) is 14.9 Å². The van der Waals surface area contributed by atoms with E-state index in [1.54, 1.807) is 0 Å². The van der Waals surface area contributed by atoms with Crippen molar-refractivity contribution in [3.05, 3.63) is 0 Å². The first-order valence-corrected chi connectivity index (χ1v) is 26.1. The number of nitrogens with one attached hydrogen (secondary N) is 1. The van der Waals surface area contributed by atoms with Crippen LogP contribution in [0.2, 0.25) is 0 Å². The summed E-state index contributed by atoms with van der Waals surface area (Å²) in [5.74, 6) is -1.14. The lowest BCUT2D eigenvalue weighted by Gasteiger charge is -2.30. The van der Waals surface area contributed by atoms with Gasteiger partial charge in [-0.25, -0.2) is 0 Å². The molecule has 0 aliphatic heterocycles. The minimum Gasteiger partial charge on any atom is -0.480 e. The van der Waals surface area contributed by atoms with Gasteiger partial charge < -0.3 is 23.9 Å². The minimum absolute atomic E-state index is 0. The highest BCUT2D eigenvalue weighted by atomic mass is 79.9. The van der Waals surface area contributed by atoms with Crippen molar-refractivity contribution in [2.75, 3.05) is 67.2 Å². The van der Waals surface area contributed by atoms with Gasteiger partial charge in [0.05, 0.1) is 67.2 Å². The molecule has 0 aliphatic rings. The van der Waals surface area contributed by atoms with Crippen LogP contribution in [0.15, 0.2) is 0 Å². The molecule has 0 bridgehead atoms. The Morgan fingerprint density at radius 3 is 0.789 bits per heavy atom. The van der Waals surface area contributed by atoms with Crippen LogP contribution in [0, 0.1) is 0 Å². The number of unbranched alkanes of at least 4 members (excludes halogenated alkanes) is 28. The lowest BCUT2D eigenvalue weighted by molar-refractivity contribution is -0.890. The highest BCUT2D eigenvalue weighted by Gasteiger charge is 2.15. The molecule has 0 spiro atoms. The zero-order chi connectivity index (χ0) is 42.7. The van der Waals surface area contributed by atoms with Crippen LogP contribution in [-0.4, -0.2) is 97.0 Å². The third kappa shape index (κ3) is 62.8. The molecule has 0 rings (SSSR count). The third-order valence-corrected chi connectivity index (χ3v) is 11.7. The molecule has 0 aromatic heterocycles. The van der Waals surface area contributed by atoms with E-state index in [-0.39, 0.29) is 17.0 Å². The van der Waals surface area contributed by atoms with Crippen LogP contribution < -0.4 is 5.32 Å². The van der Waals surface area contributed by atoms with E-state index >= 15 is 0 Å². The van der Waals surface area contributed by atoms with E-state index in [9.17, 15) is 9.36 Å². The molecular weight excluding hydrogens is 797 g/mol. The maximum Gasteiger partial charge on any atom is 0.339 e. The van der Waals surface area contributed by atoms with Gasteiger partial charge in [-0.15, -0.1) is 17.0 Å². The molecule has 4 N–H and O–H groups in total. The monoisotopic (exact) mass is 902 g/mol. The molecule has 348 valence electrons. The summed E-state index contributed by atoms with van der Waals surface area (Å²) in [5, 5.41) is 10.1. The zero-order valence-electron chi connectivity index (χ0n) is 39.8. The van der Waals surface area contributed by atoms with Gasteiger partial charge in [0, 0.05) is 0 Å². The average Bonchev–Trinajstić information content (AvgIpc) is 3.12. The summed E-state index contributed by atoms with van der Waals surface area (Å²) < 4.78 is 12.5. The first-order chi connectivity index (χ1) is 26.7. The normalized spacial score (nSPS) is 11.7. The Morgan fingerprint density at radius 2 is 0.614 bits per heavy atom. The highest BCUT2D eigenvalue weighted by molar-refractivity contribution is 8.93. The van der Waals surface area contributed by atoms with Gasteiger partial charge in [-0.3, -0.25) is 14.7 Å². The molecular formula is C47H105BrN3O5P+2. The SMILES string of the molecule is Br.CCCCCCCCCC[N+](C)(C)CCCCCCCCCC.CCCCCCCCCC[N+](C)(C)CCCCCCCCCC.O=C(O)CNCP(=O)(O)O. The third-order valence-electron chi connectivity index (χ3n) is 11.1. The van der Waals surface area contributed by atoms with Gasteiger partial charge in [-0.2, -0.15) is 0 Å². The first-order valence-electron chi connectivity index (χ1n) is 24.3.